The predicted octanol–water partition coefficient (Wildman–Crippen LogP) is 9.11. The van der Waals surface area contributed by atoms with E-state index in [0.717, 1.165) is 64.4 Å². The standard InChI is InChI=1S/C50H45N5O6S3.C18H21N5O6S3/c1-60-54-42(39-31-64-48(51-39)53-49(36-21-11-4-12-22-36,37-23-13-5-14-24-37)38-25-15-6-16-26-38)44(56)52-50(41(34-17-7-2-8-18-34)35-19-9-3-10-20-35)46(59)55-43(45(57)58)40(32-63-47(50)55)62-30-33-27-28-61-29-33;1-28-22-11(9-6-32-18(19)20-9)14(24)21-12-15(25)23-13(17(26)27)10(7-31-16(12)23)30-5-8-2-3-29-4-8/h2-26,31,33,41,47H,27-30,32H2,1H3,(H,51,53)(H,52,56)(H,57,58);6,8,12,16H,2-5,7H2,1H3,(H2,19,20)(H,21,24)(H,26,27)/b54-42-;22-11-/t33?,47-,50?;8?,12?,16-/m00/s1. The zero-order chi connectivity index (χ0) is 66.9. The van der Waals surface area contributed by atoms with Gasteiger partial charge in [-0.05, 0) is 52.5 Å². The number of β-lactam (4-membered cyclic amide) rings is 2. The first kappa shape index (κ1) is 67.5. The highest BCUT2D eigenvalue weighted by molar-refractivity contribution is 8.06. The van der Waals surface area contributed by atoms with Crippen LogP contribution in [0.5, 0.6) is 0 Å². The van der Waals surface area contributed by atoms with Gasteiger partial charge >= 0.3 is 11.9 Å². The van der Waals surface area contributed by atoms with Crippen molar-refractivity contribution in [3.05, 3.63) is 223 Å². The van der Waals surface area contributed by atoms with Gasteiger partial charge in [-0.15, -0.1) is 69.7 Å². The maximum absolute atomic E-state index is 15.3. The minimum Gasteiger partial charge on any atom is -0.477 e. The zero-order valence-corrected chi connectivity index (χ0v) is 56.7. The highest BCUT2D eigenvalue weighted by atomic mass is 32.2. The Morgan fingerprint density at radius 2 is 1.14 bits per heavy atom. The minimum atomic E-state index is -1.66. The third-order valence-electron chi connectivity index (χ3n) is 17.0. The predicted molar refractivity (Wildman–Crippen MR) is 374 cm³/mol. The van der Waals surface area contributed by atoms with E-state index in [0.29, 0.717) is 63.9 Å². The van der Waals surface area contributed by atoms with E-state index in [-0.39, 0.29) is 39.3 Å². The van der Waals surface area contributed by atoms with Crippen molar-refractivity contribution in [2.45, 2.75) is 46.6 Å². The number of aliphatic carboxylic acids is 2. The fraction of sp³-hybridized carbons (Fsp3) is 0.294. The third-order valence-corrected chi connectivity index (χ3v) is 24.1. The summed E-state index contributed by atoms with van der Waals surface area (Å²) in [6.45, 7) is 2.71. The van der Waals surface area contributed by atoms with E-state index < -0.39 is 69.4 Å². The van der Waals surface area contributed by atoms with E-state index >= 15 is 9.59 Å². The van der Waals surface area contributed by atoms with E-state index in [1.165, 1.54) is 82.4 Å². The molecule has 96 heavy (non-hydrogen) atoms. The lowest BCUT2D eigenvalue weighted by Gasteiger charge is -2.60. The summed E-state index contributed by atoms with van der Waals surface area (Å²) in [6, 6.07) is 48.5. The summed E-state index contributed by atoms with van der Waals surface area (Å²) in [7, 11) is 2.64. The van der Waals surface area contributed by atoms with Gasteiger partial charge in [0, 0.05) is 62.7 Å². The summed E-state index contributed by atoms with van der Waals surface area (Å²) in [5, 5.41) is 40.8. The van der Waals surface area contributed by atoms with E-state index in [2.05, 4.69) is 67.6 Å². The van der Waals surface area contributed by atoms with E-state index in [1.807, 2.05) is 115 Å². The van der Waals surface area contributed by atoms with Gasteiger partial charge in [-0.25, -0.2) is 19.6 Å². The molecule has 7 N–H and O–H groups in total. The Hall–Kier alpha value is -8.48. The maximum Gasteiger partial charge on any atom is 0.353 e. The lowest BCUT2D eigenvalue weighted by Crippen LogP contribution is -2.82. The van der Waals surface area contributed by atoms with E-state index in [1.54, 1.807) is 10.8 Å². The monoisotopic (exact) mass is 1410 g/mol. The molecular formula is C68H66N10O12S6. The SMILES string of the molecule is CO/N=C(\C(=O)NC1(C(c2ccccc2)c2ccccc2)C(=O)N2C(C(=O)O)=C(SCC3CCOC3)CS[C@H]21)c1csc(NC(c2ccccc2)(c2ccccc2)c2ccccc2)n1.CO/N=C(\C(=O)NC1C(=O)N2C(C(=O)O)=C(SCC3CCOC3)CS[C@@H]12)c1csc(N)n1. The van der Waals surface area contributed by atoms with Crippen molar-refractivity contribution in [1.82, 2.24) is 30.4 Å². The number of amides is 4. The molecule has 22 nitrogen and oxygen atoms in total. The molecule has 2 aromatic heterocycles. The average molecular weight is 1410 g/mol. The molecular weight excluding hydrogens is 1340 g/mol. The summed E-state index contributed by atoms with van der Waals surface area (Å²) in [5.41, 5.74) is 7.69. The van der Waals surface area contributed by atoms with Crippen LogP contribution < -0.4 is 21.7 Å². The molecule has 5 aromatic carbocycles. The van der Waals surface area contributed by atoms with Gasteiger partial charge in [0.15, 0.2) is 27.2 Å². The van der Waals surface area contributed by atoms with Crippen LogP contribution in [0, 0.1) is 11.8 Å². The van der Waals surface area contributed by atoms with Crippen LogP contribution in [-0.4, -0.2) is 163 Å². The first-order valence-corrected chi connectivity index (χ1v) is 36.4. The van der Waals surface area contributed by atoms with Crippen LogP contribution in [0.2, 0.25) is 0 Å². The Morgan fingerprint density at radius 1 is 0.667 bits per heavy atom. The number of aromatic nitrogens is 2. The summed E-state index contributed by atoms with van der Waals surface area (Å²) < 4.78 is 11.0. The number of hydrogen-bond acceptors (Lipinski definition) is 22. The first-order valence-electron chi connectivity index (χ1n) is 30.6. The number of hydrogen-bond donors (Lipinski definition) is 6. The number of rotatable bonds is 24. The maximum atomic E-state index is 15.3. The van der Waals surface area contributed by atoms with Crippen LogP contribution in [0.3, 0.4) is 0 Å². The second kappa shape index (κ2) is 30.3. The molecule has 0 saturated carbocycles. The summed E-state index contributed by atoms with van der Waals surface area (Å²) in [5.74, 6) is -2.55. The largest absolute Gasteiger partial charge is 0.477 e. The molecule has 0 spiro atoms. The number of oxime groups is 2. The second-order valence-corrected chi connectivity index (χ2v) is 29.0. The number of benzene rings is 5. The molecule has 0 aliphatic carbocycles. The number of nitrogens with two attached hydrogens (primary N) is 1. The molecule has 4 unspecified atom stereocenters. The molecule has 496 valence electrons. The fourth-order valence-corrected chi connectivity index (χ4v) is 19.5. The summed E-state index contributed by atoms with van der Waals surface area (Å²) >= 11 is 8.23. The van der Waals surface area contributed by atoms with Crippen molar-refractivity contribution < 1.29 is 58.1 Å². The third kappa shape index (κ3) is 13.7. The Balaban J connectivity index is 0.000000230. The molecule has 6 aliphatic rings. The zero-order valence-electron chi connectivity index (χ0n) is 51.8. The van der Waals surface area contributed by atoms with Crippen molar-refractivity contribution in [1.29, 1.82) is 0 Å². The highest BCUT2D eigenvalue weighted by Crippen LogP contribution is 2.55. The van der Waals surface area contributed by atoms with Gasteiger partial charge in [-0.2, -0.15) is 0 Å². The Kier molecular flexibility index (Phi) is 21.3. The minimum absolute atomic E-state index is 0.00813. The lowest BCUT2D eigenvalue weighted by atomic mass is 9.68. The molecule has 7 aromatic rings. The number of carbonyl (C=O) groups excluding carboxylic acids is 4. The number of anilines is 2. The smallest absolute Gasteiger partial charge is 0.353 e. The first-order chi connectivity index (χ1) is 46.7. The molecule has 13 rings (SSSR count). The summed E-state index contributed by atoms with van der Waals surface area (Å²) in [4.78, 5) is 104. The number of thioether (sulfide) groups is 4. The van der Waals surface area contributed by atoms with Crippen molar-refractivity contribution in [2.75, 3.05) is 74.7 Å². The van der Waals surface area contributed by atoms with Crippen molar-refractivity contribution in [3.63, 3.8) is 0 Å². The molecule has 6 aliphatic heterocycles. The number of thiazole rings is 2. The Bertz CT molecular complexity index is 3980. The van der Waals surface area contributed by atoms with Crippen LogP contribution in [-0.2, 0) is 53.5 Å². The highest BCUT2D eigenvalue weighted by Gasteiger charge is 2.69. The number of carboxylic acids is 2. The molecule has 0 bridgehead atoms. The average Bonchev–Trinajstić information content (AvgIpc) is 0.708. The normalized spacial score (nSPS) is 21.7. The van der Waals surface area contributed by atoms with Crippen LogP contribution >= 0.6 is 69.7 Å². The number of nitrogens with zero attached hydrogens (tertiary/aromatic N) is 6. The number of ether oxygens (including phenoxy) is 2. The number of fused-ring (bicyclic) bond motifs is 2. The van der Waals surface area contributed by atoms with Gasteiger partial charge in [0.25, 0.3) is 23.6 Å². The van der Waals surface area contributed by atoms with E-state index in [9.17, 15) is 29.4 Å². The quantitative estimate of drug-likeness (QED) is 0.0142. The van der Waals surface area contributed by atoms with Crippen LogP contribution in [0.4, 0.5) is 10.3 Å². The van der Waals surface area contributed by atoms with Crippen LogP contribution in [0.25, 0.3) is 0 Å². The van der Waals surface area contributed by atoms with Gasteiger partial charge in [0.1, 0.15) is 59.3 Å². The van der Waals surface area contributed by atoms with Gasteiger partial charge in [0.05, 0.1) is 13.2 Å². The van der Waals surface area contributed by atoms with Gasteiger partial charge in [0.2, 0.25) is 0 Å². The number of carboxylic acid groups (broad SMARTS) is 2. The van der Waals surface area contributed by atoms with Gasteiger partial charge < -0.3 is 51.0 Å². The van der Waals surface area contributed by atoms with Gasteiger partial charge in [-0.1, -0.05) is 162 Å². The number of nitrogen functional groups attached to an aromatic ring is 1. The van der Waals surface area contributed by atoms with Crippen LogP contribution in [0.15, 0.2) is 194 Å². The Labute approximate surface area is 577 Å². The fourth-order valence-electron chi connectivity index (χ4n) is 12.5. The molecule has 28 heteroatoms. The number of nitrogens with one attached hydrogen (secondary N) is 3. The topological polar surface area (TPSA) is 299 Å². The van der Waals surface area contributed by atoms with Crippen molar-refractivity contribution >= 4 is 127 Å². The molecule has 0 radical (unpaired) electrons. The lowest BCUT2D eigenvalue weighted by molar-refractivity contribution is -0.159. The number of carbonyl (C=O) groups is 6. The summed E-state index contributed by atoms with van der Waals surface area (Å²) in [6.07, 6.45) is 1.85. The van der Waals surface area contributed by atoms with Crippen LogP contribution in [0.1, 0.15) is 58.0 Å². The van der Waals surface area contributed by atoms with Crippen molar-refractivity contribution in [2.24, 2.45) is 22.1 Å². The van der Waals surface area contributed by atoms with E-state index in [4.69, 9.17) is 29.9 Å². The van der Waals surface area contributed by atoms with Gasteiger partial charge in [-0.3, -0.25) is 29.0 Å². The van der Waals surface area contributed by atoms with Crippen molar-refractivity contribution in [3.8, 4) is 0 Å². The Morgan fingerprint density at radius 3 is 1.60 bits per heavy atom. The molecule has 8 heterocycles. The molecule has 6 atom stereocenters. The molecule has 4 fully saturated rings. The molecule has 4 saturated heterocycles. The second-order valence-electron chi connectivity index (χ2n) is 22.8. The molecule has 4 amide bonds.